The van der Waals surface area contributed by atoms with Crippen LogP contribution in [0.15, 0.2) is 18.2 Å². The highest BCUT2D eigenvalue weighted by atomic mass is 35.5. The van der Waals surface area contributed by atoms with Crippen LogP contribution in [0.5, 0.6) is 0 Å². The van der Waals surface area contributed by atoms with E-state index < -0.39 is 0 Å². The number of halogens is 2. The molecule has 2 rings (SSSR count). The normalized spacial score (nSPS) is 18.2. The van der Waals surface area contributed by atoms with Crippen LogP contribution in [0.25, 0.3) is 0 Å². The number of likely N-dealkylation sites (tertiary alicyclic amines) is 1. The second-order valence-electron chi connectivity index (χ2n) is 5.50. The van der Waals surface area contributed by atoms with E-state index in [1.807, 2.05) is 0 Å². The molecule has 0 spiro atoms. The number of hydrogen-bond acceptors (Lipinski definition) is 2. The topological polar surface area (TPSA) is 15.3 Å². The Morgan fingerprint density at radius 2 is 2.05 bits per heavy atom. The van der Waals surface area contributed by atoms with Gasteiger partial charge in [-0.2, -0.15) is 0 Å². The maximum Gasteiger partial charge on any atom is 0.146 e. The summed E-state index contributed by atoms with van der Waals surface area (Å²) in [6, 6.07) is 6.27. The number of hydrogen-bond donors (Lipinski definition) is 1. The molecule has 1 aliphatic heterocycles. The molecule has 0 unspecified atom stereocenters. The van der Waals surface area contributed by atoms with Crippen LogP contribution in [-0.2, 0) is 6.54 Å². The average Bonchev–Trinajstić information content (AvgIpc) is 2.41. The van der Waals surface area contributed by atoms with Crippen molar-refractivity contribution in [2.75, 3.05) is 13.1 Å². The fourth-order valence-electron chi connectivity index (χ4n) is 2.56. The van der Waals surface area contributed by atoms with Gasteiger partial charge in [-0.15, -0.1) is 0 Å². The maximum absolute atomic E-state index is 13.7. The third-order valence-electron chi connectivity index (χ3n) is 3.87. The van der Waals surface area contributed by atoms with E-state index in [4.69, 9.17) is 11.6 Å². The van der Waals surface area contributed by atoms with E-state index in [0.717, 1.165) is 25.9 Å². The summed E-state index contributed by atoms with van der Waals surface area (Å²) in [4.78, 5) is 2.48. The summed E-state index contributed by atoms with van der Waals surface area (Å²) in [5.74, 6) is -0.295. The zero-order valence-electron chi connectivity index (χ0n) is 11.6. The van der Waals surface area contributed by atoms with Gasteiger partial charge in [0, 0.05) is 24.2 Å². The summed E-state index contributed by atoms with van der Waals surface area (Å²) in [5.41, 5.74) is 0.652. The minimum Gasteiger partial charge on any atom is -0.310 e. The molecule has 0 amide bonds. The number of rotatable bonds is 4. The van der Waals surface area contributed by atoms with Crippen LogP contribution in [0.3, 0.4) is 0 Å². The molecule has 1 aromatic rings. The van der Waals surface area contributed by atoms with Gasteiger partial charge < -0.3 is 10.2 Å². The molecule has 0 aliphatic carbocycles. The van der Waals surface area contributed by atoms with Crippen molar-refractivity contribution in [3.8, 4) is 0 Å². The first-order valence-electron chi connectivity index (χ1n) is 6.98. The Labute approximate surface area is 119 Å². The molecule has 4 heteroatoms. The molecule has 1 N–H and O–H groups in total. The van der Waals surface area contributed by atoms with Gasteiger partial charge in [0.05, 0.1) is 5.02 Å². The molecule has 1 aromatic carbocycles. The fraction of sp³-hybridized carbons (Fsp3) is 0.600. The van der Waals surface area contributed by atoms with E-state index in [2.05, 4.69) is 24.1 Å². The highest BCUT2D eigenvalue weighted by Gasteiger charge is 2.20. The van der Waals surface area contributed by atoms with Crippen LogP contribution in [0.4, 0.5) is 4.39 Å². The summed E-state index contributed by atoms with van der Waals surface area (Å²) in [7, 11) is 0. The van der Waals surface area contributed by atoms with Crippen molar-refractivity contribution in [2.45, 2.75) is 45.3 Å². The van der Waals surface area contributed by atoms with Crippen molar-refractivity contribution in [1.29, 1.82) is 0 Å². The van der Waals surface area contributed by atoms with Crippen LogP contribution >= 0.6 is 11.6 Å². The van der Waals surface area contributed by atoms with Gasteiger partial charge in [-0.1, -0.05) is 23.7 Å². The molecule has 0 aromatic heterocycles. The summed E-state index contributed by atoms with van der Waals surface area (Å²) < 4.78 is 13.7. The van der Waals surface area contributed by atoms with Gasteiger partial charge >= 0.3 is 0 Å². The monoisotopic (exact) mass is 284 g/mol. The zero-order valence-corrected chi connectivity index (χ0v) is 12.4. The Morgan fingerprint density at radius 1 is 1.37 bits per heavy atom. The second kappa shape index (κ2) is 6.69. The first-order chi connectivity index (χ1) is 9.08. The summed E-state index contributed by atoms with van der Waals surface area (Å²) in [5, 5.41) is 3.64. The molecular formula is C15H22ClFN2. The molecule has 1 aliphatic rings. The molecule has 0 radical (unpaired) electrons. The minimum atomic E-state index is -0.295. The van der Waals surface area contributed by atoms with E-state index in [1.54, 1.807) is 18.2 Å². The van der Waals surface area contributed by atoms with Crippen molar-refractivity contribution in [2.24, 2.45) is 0 Å². The summed E-state index contributed by atoms with van der Waals surface area (Å²) in [6.45, 7) is 7.25. The lowest BCUT2D eigenvalue weighted by atomic mass is 10.0. The van der Waals surface area contributed by atoms with E-state index in [-0.39, 0.29) is 10.8 Å². The van der Waals surface area contributed by atoms with E-state index >= 15 is 0 Å². The van der Waals surface area contributed by atoms with Gasteiger partial charge in [-0.3, -0.25) is 0 Å². The quantitative estimate of drug-likeness (QED) is 0.911. The number of nitrogens with one attached hydrogen (secondary N) is 1. The first-order valence-corrected chi connectivity index (χ1v) is 7.36. The second-order valence-corrected chi connectivity index (χ2v) is 5.91. The zero-order chi connectivity index (χ0) is 13.8. The minimum absolute atomic E-state index is 0.203. The fourth-order valence-corrected chi connectivity index (χ4v) is 2.75. The Kier molecular flexibility index (Phi) is 5.20. The Morgan fingerprint density at radius 3 is 2.68 bits per heavy atom. The summed E-state index contributed by atoms with van der Waals surface area (Å²) >= 11 is 5.78. The van der Waals surface area contributed by atoms with Gasteiger partial charge in [-0.05, 0) is 45.8 Å². The predicted octanol–water partition coefficient (Wildman–Crippen LogP) is 3.44. The van der Waals surface area contributed by atoms with E-state index in [9.17, 15) is 4.39 Å². The number of nitrogens with zero attached hydrogens (tertiary/aromatic N) is 1. The van der Waals surface area contributed by atoms with Crippen LogP contribution in [0.2, 0.25) is 5.02 Å². The SMILES string of the molecule is CC(C)N1CCC(NCc2cccc(Cl)c2F)CC1. The summed E-state index contributed by atoms with van der Waals surface area (Å²) in [6.07, 6.45) is 2.25. The van der Waals surface area contributed by atoms with Crippen molar-refractivity contribution >= 4 is 11.6 Å². The smallest absolute Gasteiger partial charge is 0.146 e. The number of piperidine rings is 1. The molecule has 106 valence electrons. The third-order valence-corrected chi connectivity index (χ3v) is 4.16. The lowest BCUT2D eigenvalue weighted by Crippen LogP contribution is -2.44. The van der Waals surface area contributed by atoms with Crippen molar-refractivity contribution in [1.82, 2.24) is 10.2 Å². The van der Waals surface area contributed by atoms with Crippen LogP contribution in [0.1, 0.15) is 32.3 Å². The maximum atomic E-state index is 13.7. The Balaban J connectivity index is 1.82. The highest BCUT2D eigenvalue weighted by Crippen LogP contribution is 2.19. The van der Waals surface area contributed by atoms with E-state index in [1.165, 1.54) is 0 Å². The van der Waals surface area contributed by atoms with Crippen molar-refractivity contribution < 1.29 is 4.39 Å². The first kappa shape index (κ1) is 14.8. The molecule has 0 saturated carbocycles. The standard InChI is InChI=1S/C15H22ClFN2/c1-11(2)19-8-6-13(7-9-19)18-10-12-4-3-5-14(16)15(12)17/h3-5,11,13,18H,6-10H2,1-2H3. The molecule has 2 nitrogen and oxygen atoms in total. The van der Waals surface area contributed by atoms with Gasteiger partial charge in [0.25, 0.3) is 0 Å². The molecular weight excluding hydrogens is 263 g/mol. The number of benzene rings is 1. The van der Waals surface area contributed by atoms with Crippen molar-refractivity contribution in [3.05, 3.63) is 34.6 Å². The molecule has 0 bridgehead atoms. The molecule has 1 saturated heterocycles. The van der Waals surface area contributed by atoms with E-state index in [0.29, 0.717) is 24.2 Å². The predicted molar refractivity (Wildman–Crippen MR) is 78.0 cm³/mol. The third kappa shape index (κ3) is 3.91. The Bertz CT molecular complexity index is 415. The van der Waals surface area contributed by atoms with Gasteiger partial charge in [0.1, 0.15) is 5.82 Å². The largest absolute Gasteiger partial charge is 0.310 e. The van der Waals surface area contributed by atoms with Crippen molar-refractivity contribution in [3.63, 3.8) is 0 Å². The lowest BCUT2D eigenvalue weighted by Gasteiger charge is -2.35. The molecule has 1 heterocycles. The van der Waals surface area contributed by atoms with Gasteiger partial charge in [-0.25, -0.2) is 4.39 Å². The van der Waals surface area contributed by atoms with Gasteiger partial charge in [0.15, 0.2) is 0 Å². The molecule has 1 fully saturated rings. The lowest BCUT2D eigenvalue weighted by molar-refractivity contribution is 0.160. The van der Waals surface area contributed by atoms with Crippen LogP contribution in [-0.4, -0.2) is 30.1 Å². The Hall–Kier alpha value is -0.640. The molecule has 0 atom stereocenters. The van der Waals surface area contributed by atoms with Gasteiger partial charge in [0.2, 0.25) is 0 Å². The molecule has 19 heavy (non-hydrogen) atoms. The average molecular weight is 285 g/mol. The highest BCUT2D eigenvalue weighted by molar-refractivity contribution is 6.30. The van der Waals surface area contributed by atoms with Crippen LogP contribution in [0, 0.1) is 5.82 Å². The van der Waals surface area contributed by atoms with Crippen LogP contribution < -0.4 is 5.32 Å².